The van der Waals surface area contributed by atoms with E-state index in [9.17, 15) is 0 Å². The summed E-state index contributed by atoms with van der Waals surface area (Å²) in [4.78, 5) is 9.51. The van der Waals surface area contributed by atoms with Gasteiger partial charge in [0.1, 0.15) is 5.69 Å². The van der Waals surface area contributed by atoms with E-state index in [0.717, 1.165) is 41.6 Å². The van der Waals surface area contributed by atoms with Crippen molar-refractivity contribution in [3.05, 3.63) is 65.9 Å². The van der Waals surface area contributed by atoms with Gasteiger partial charge >= 0.3 is 0 Å². The van der Waals surface area contributed by atoms with E-state index in [0.29, 0.717) is 24.3 Å². The molecule has 30 heavy (non-hydrogen) atoms. The van der Waals surface area contributed by atoms with Crippen molar-refractivity contribution in [2.45, 2.75) is 46.0 Å². The third-order valence-electron chi connectivity index (χ3n) is 4.85. The van der Waals surface area contributed by atoms with Crippen LogP contribution in [0.3, 0.4) is 0 Å². The number of fused-ring (bicyclic) bond motifs is 1. The molecule has 0 saturated heterocycles. The summed E-state index contributed by atoms with van der Waals surface area (Å²) in [7, 11) is 0. The number of hydrogen-bond donors (Lipinski definition) is 0. The lowest BCUT2D eigenvalue weighted by Crippen LogP contribution is -2.00. The molecule has 6 heteroatoms. The van der Waals surface area contributed by atoms with E-state index in [1.165, 1.54) is 5.56 Å². The Labute approximate surface area is 176 Å². The third kappa shape index (κ3) is 4.48. The molecule has 4 rings (SSSR count). The van der Waals surface area contributed by atoms with Gasteiger partial charge in [-0.15, -0.1) is 10.2 Å². The Morgan fingerprint density at radius 1 is 0.933 bits per heavy atom. The summed E-state index contributed by atoms with van der Waals surface area (Å²) in [6.07, 6.45) is 2.62. The Bertz CT molecular complexity index is 1140. The van der Waals surface area contributed by atoms with Gasteiger partial charge in [0.05, 0.1) is 17.6 Å². The molecule has 0 atom stereocenters. The van der Waals surface area contributed by atoms with Crippen molar-refractivity contribution < 1.29 is 9.15 Å². The van der Waals surface area contributed by atoms with Gasteiger partial charge in [-0.05, 0) is 43.5 Å². The zero-order chi connectivity index (χ0) is 20.9. The van der Waals surface area contributed by atoms with Gasteiger partial charge in [0.15, 0.2) is 0 Å². The van der Waals surface area contributed by atoms with Crippen LogP contribution in [0.25, 0.3) is 22.3 Å². The summed E-state index contributed by atoms with van der Waals surface area (Å²) in [5.41, 5.74) is 4.71. The zero-order valence-electron chi connectivity index (χ0n) is 17.6. The van der Waals surface area contributed by atoms with Gasteiger partial charge < -0.3 is 9.15 Å². The molecule has 0 aliphatic carbocycles. The number of nitrogens with zero attached hydrogens (tertiary/aromatic N) is 4. The highest BCUT2D eigenvalue weighted by atomic mass is 16.5. The van der Waals surface area contributed by atoms with Gasteiger partial charge in [0, 0.05) is 17.9 Å². The molecule has 0 bridgehead atoms. The largest absolute Gasteiger partial charge is 0.476 e. The first-order chi connectivity index (χ1) is 14.6. The molecule has 154 valence electrons. The number of aromatic nitrogens is 4. The predicted molar refractivity (Wildman–Crippen MR) is 117 cm³/mol. The van der Waals surface area contributed by atoms with Crippen LogP contribution in [0, 0.1) is 0 Å². The van der Waals surface area contributed by atoms with Gasteiger partial charge in [-0.3, -0.25) is 0 Å². The van der Waals surface area contributed by atoms with Crippen LogP contribution in [0.2, 0.25) is 0 Å². The smallest absolute Gasteiger partial charge is 0.241 e. The van der Waals surface area contributed by atoms with Crippen molar-refractivity contribution in [2.24, 2.45) is 0 Å². The molecule has 0 radical (unpaired) electrons. The standard InChI is InChI=1S/C24H26N4O2/c1-4-29-24-22(25-19-12-5-6-13-20(19)26-24)18-11-7-9-17(15-18)10-8-14-21-27-28-23(30-21)16(2)3/h5-7,9,11-13,15-16H,4,8,10,14H2,1-3H3. The van der Waals surface area contributed by atoms with Gasteiger partial charge in [-0.1, -0.05) is 44.2 Å². The normalized spacial score (nSPS) is 11.3. The molecule has 2 aromatic carbocycles. The molecule has 2 heterocycles. The lowest BCUT2D eigenvalue weighted by Gasteiger charge is -2.11. The molecule has 0 N–H and O–H groups in total. The van der Waals surface area contributed by atoms with Crippen LogP contribution in [-0.2, 0) is 12.8 Å². The van der Waals surface area contributed by atoms with Gasteiger partial charge in [0.25, 0.3) is 0 Å². The fourth-order valence-corrected chi connectivity index (χ4v) is 3.33. The molecular formula is C24H26N4O2. The molecule has 0 saturated carbocycles. The van der Waals surface area contributed by atoms with E-state index in [1.54, 1.807) is 0 Å². The van der Waals surface area contributed by atoms with Gasteiger partial charge in [-0.25, -0.2) is 9.97 Å². The van der Waals surface area contributed by atoms with Crippen LogP contribution in [0.1, 0.15) is 50.5 Å². The maximum atomic E-state index is 5.80. The first-order valence-electron chi connectivity index (χ1n) is 10.4. The molecule has 0 fully saturated rings. The second kappa shape index (κ2) is 9.03. The van der Waals surface area contributed by atoms with Crippen LogP contribution < -0.4 is 4.74 Å². The topological polar surface area (TPSA) is 73.9 Å². The van der Waals surface area contributed by atoms with E-state index in [1.807, 2.05) is 31.2 Å². The van der Waals surface area contributed by atoms with E-state index in [4.69, 9.17) is 14.1 Å². The van der Waals surface area contributed by atoms with Crippen molar-refractivity contribution in [3.63, 3.8) is 0 Å². The Kier molecular flexibility index (Phi) is 6.02. The molecule has 0 spiro atoms. The Hall–Kier alpha value is -3.28. The average Bonchev–Trinajstić information content (AvgIpc) is 3.23. The second-order valence-corrected chi connectivity index (χ2v) is 7.54. The highest BCUT2D eigenvalue weighted by Gasteiger charge is 2.13. The number of aryl methyl sites for hydroxylation is 2. The van der Waals surface area contributed by atoms with Crippen molar-refractivity contribution in [1.82, 2.24) is 20.2 Å². The second-order valence-electron chi connectivity index (χ2n) is 7.54. The first kappa shape index (κ1) is 20.0. The van der Waals surface area contributed by atoms with Crippen molar-refractivity contribution in [3.8, 4) is 17.1 Å². The van der Waals surface area contributed by atoms with Gasteiger partial charge in [0.2, 0.25) is 17.7 Å². The quantitative estimate of drug-likeness (QED) is 0.394. The summed E-state index contributed by atoms with van der Waals surface area (Å²) >= 11 is 0. The van der Waals surface area contributed by atoms with Crippen LogP contribution in [0.15, 0.2) is 52.9 Å². The Morgan fingerprint density at radius 3 is 2.47 bits per heavy atom. The summed E-state index contributed by atoms with van der Waals surface area (Å²) in [5, 5.41) is 8.24. The minimum Gasteiger partial charge on any atom is -0.476 e. The average molecular weight is 402 g/mol. The lowest BCUT2D eigenvalue weighted by atomic mass is 10.0. The molecule has 4 aromatic rings. The minimum atomic E-state index is 0.255. The fraction of sp³-hybridized carbons (Fsp3) is 0.333. The lowest BCUT2D eigenvalue weighted by molar-refractivity contribution is 0.328. The molecule has 6 nitrogen and oxygen atoms in total. The van der Waals surface area contributed by atoms with Crippen LogP contribution >= 0.6 is 0 Å². The number of benzene rings is 2. The van der Waals surface area contributed by atoms with Crippen LogP contribution in [-0.4, -0.2) is 26.8 Å². The van der Waals surface area contributed by atoms with Gasteiger partial charge in [-0.2, -0.15) is 0 Å². The number of rotatable bonds is 8. The molecule has 0 unspecified atom stereocenters. The van der Waals surface area contributed by atoms with Crippen molar-refractivity contribution in [1.29, 1.82) is 0 Å². The van der Waals surface area contributed by atoms with E-state index >= 15 is 0 Å². The maximum Gasteiger partial charge on any atom is 0.241 e. The molecule has 2 aromatic heterocycles. The fourth-order valence-electron chi connectivity index (χ4n) is 3.33. The number of para-hydroxylation sites is 2. The molecule has 0 amide bonds. The summed E-state index contributed by atoms with van der Waals surface area (Å²) < 4.78 is 11.5. The maximum absolute atomic E-state index is 5.80. The molecule has 0 aliphatic rings. The van der Waals surface area contributed by atoms with Crippen molar-refractivity contribution in [2.75, 3.05) is 6.61 Å². The first-order valence-corrected chi connectivity index (χ1v) is 10.4. The monoisotopic (exact) mass is 402 g/mol. The summed E-state index contributed by atoms with van der Waals surface area (Å²) in [5.74, 6) is 2.23. The van der Waals surface area contributed by atoms with Crippen LogP contribution in [0.5, 0.6) is 5.88 Å². The Morgan fingerprint density at radius 2 is 1.73 bits per heavy atom. The third-order valence-corrected chi connectivity index (χ3v) is 4.85. The number of ether oxygens (including phenoxy) is 1. The minimum absolute atomic E-state index is 0.255. The van der Waals surface area contributed by atoms with E-state index in [-0.39, 0.29) is 5.92 Å². The molecular weight excluding hydrogens is 376 g/mol. The zero-order valence-corrected chi connectivity index (χ0v) is 17.6. The highest BCUT2D eigenvalue weighted by Crippen LogP contribution is 2.29. The Balaban J connectivity index is 1.53. The molecule has 0 aliphatic heterocycles. The van der Waals surface area contributed by atoms with E-state index in [2.05, 4.69) is 53.3 Å². The SMILES string of the molecule is CCOc1nc2ccccc2nc1-c1cccc(CCCc2nnc(C(C)C)o2)c1. The highest BCUT2D eigenvalue weighted by molar-refractivity contribution is 5.79. The van der Waals surface area contributed by atoms with E-state index < -0.39 is 0 Å². The predicted octanol–water partition coefficient (Wildman–Crippen LogP) is 5.38. The summed E-state index contributed by atoms with van der Waals surface area (Å²) in [6.45, 7) is 6.60. The van der Waals surface area contributed by atoms with Crippen molar-refractivity contribution >= 4 is 11.0 Å². The number of hydrogen-bond acceptors (Lipinski definition) is 6. The summed E-state index contributed by atoms with van der Waals surface area (Å²) in [6, 6.07) is 16.3. The van der Waals surface area contributed by atoms with Crippen LogP contribution in [0.4, 0.5) is 0 Å².